The highest BCUT2D eigenvalue weighted by atomic mass is 31.2. The number of allylic oxidation sites excluding steroid dienone is 12. The molecule has 0 aromatic rings. The minimum atomic E-state index is -4.78. The zero-order valence-electron chi connectivity index (χ0n) is 37.2. The van der Waals surface area contributed by atoms with Gasteiger partial charge in [0.1, 0.15) is 12.7 Å². The van der Waals surface area contributed by atoms with Crippen LogP contribution in [0.1, 0.15) is 181 Å². The predicted octanol–water partition coefficient (Wildman–Crippen LogP) is 12.1. The van der Waals surface area contributed by atoms with Crippen molar-refractivity contribution in [3.05, 3.63) is 72.9 Å². The van der Waals surface area contributed by atoms with Crippen molar-refractivity contribution in [1.82, 2.24) is 5.32 Å². The van der Waals surface area contributed by atoms with Crippen LogP contribution < -0.4 is 5.32 Å². The van der Waals surface area contributed by atoms with Gasteiger partial charge in [0.2, 0.25) is 5.91 Å². The first-order chi connectivity index (χ1) is 29.1. The fourth-order valence-corrected chi connectivity index (χ4v) is 6.76. The average Bonchev–Trinajstić information content (AvgIpc) is 3.22. The normalized spacial score (nSPS) is 14.3. The van der Waals surface area contributed by atoms with Crippen molar-refractivity contribution in [2.75, 3.05) is 19.8 Å². The maximum atomic E-state index is 12.3. The molecule has 1 amide bonds. The Morgan fingerprint density at radius 3 is 1.38 bits per heavy atom. The molecule has 11 nitrogen and oxygen atoms in total. The zero-order valence-corrected chi connectivity index (χ0v) is 38.1. The fourth-order valence-electron chi connectivity index (χ4n) is 5.99. The number of aliphatic carboxylic acids is 1. The molecule has 0 fully saturated rings. The molecule has 0 aromatic heterocycles. The Morgan fingerprint density at radius 1 is 0.550 bits per heavy atom. The van der Waals surface area contributed by atoms with Gasteiger partial charge in [-0.2, -0.15) is 0 Å². The van der Waals surface area contributed by atoms with E-state index in [2.05, 4.69) is 73.8 Å². The molecule has 344 valence electrons. The number of aliphatic hydroxyl groups is 1. The Kier molecular flexibility index (Phi) is 40.4. The SMILES string of the molecule is CC/C=C\C/C=C\C/C=C\C/C=C\C/C=C\C/C=C\CCC(=O)NC(COP(=O)(O)OCC(O)COC(=O)CCCCCCCCCCCCCCCCCCC)C(=O)O. The number of carboxylic acid groups (broad SMARTS) is 1. The number of rotatable bonds is 42. The number of aliphatic hydroxyl groups excluding tert-OH is 1. The van der Waals surface area contributed by atoms with Gasteiger partial charge < -0.3 is 25.2 Å². The molecule has 4 N–H and O–H groups in total. The molecular weight excluding hydrogens is 781 g/mol. The first kappa shape index (κ1) is 56.9. The molecule has 0 saturated heterocycles. The Labute approximate surface area is 363 Å². The summed E-state index contributed by atoms with van der Waals surface area (Å²) >= 11 is 0. The van der Waals surface area contributed by atoms with Crippen molar-refractivity contribution in [3.8, 4) is 0 Å². The summed E-state index contributed by atoms with van der Waals surface area (Å²) < 4.78 is 26.8. The van der Waals surface area contributed by atoms with Crippen molar-refractivity contribution in [1.29, 1.82) is 0 Å². The van der Waals surface area contributed by atoms with Crippen LogP contribution >= 0.6 is 7.82 Å². The molecule has 12 heteroatoms. The van der Waals surface area contributed by atoms with Gasteiger partial charge >= 0.3 is 19.8 Å². The number of unbranched alkanes of at least 4 members (excludes halogenated alkanes) is 16. The number of hydrogen-bond donors (Lipinski definition) is 4. The Bertz CT molecular complexity index is 1290. The van der Waals surface area contributed by atoms with Gasteiger partial charge in [0, 0.05) is 12.8 Å². The van der Waals surface area contributed by atoms with Crippen molar-refractivity contribution in [2.24, 2.45) is 0 Å². The summed E-state index contributed by atoms with van der Waals surface area (Å²) in [5.41, 5.74) is 0. The summed E-state index contributed by atoms with van der Waals surface area (Å²) in [5.74, 6) is -2.49. The van der Waals surface area contributed by atoms with Crippen LogP contribution in [0.5, 0.6) is 0 Å². The van der Waals surface area contributed by atoms with Crippen LogP contribution in [0.25, 0.3) is 0 Å². The van der Waals surface area contributed by atoms with Gasteiger partial charge in [-0.25, -0.2) is 9.36 Å². The number of carbonyl (C=O) groups excluding carboxylic acids is 2. The molecule has 0 bridgehead atoms. The van der Waals surface area contributed by atoms with Gasteiger partial charge in [0.25, 0.3) is 0 Å². The third-order valence-electron chi connectivity index (χ3n) is 9.52. The summed E-state index contributed by atoms with van der Waals surface area (Å²) in [6.45, 7) is 2.43. The molecule has 0 aliphatic carbocycles. The Morgan fingerprint density at radius 2 is 0.950 bits per heavy atom. The van der Waals surface area contributed by atoms with Gasteiger partial charge in [0.15, 0.2) is 6.04 Å². The molecule has 0 saturated carbocycles. The number of phosphoric ester groups is 1. The Hall–Kier alpha value is -3.08. The highest BCUT2D eigenvalue weighted by Gasteiger charge is 2.28. The highest BCUT2D eigenvalue weighted by Crippen LogP contribution is 2.43. The van der Waals surface area contributed by atoms with Crippen molar-refractivity contribution >= 4 is 25.7 Å². The van der Waals surface area contributed by atoms with Gasteiger partial charge in [-0.3, -0.25) is 18.6 Å². The second kappa shape index (κ2) is 42.6. The summed E-state index contributed by atoms with van der Waals surface area (Å²) in [4.78, 5) is 45.9. The van der Waals surface area contributed by atoms with E-state index in [0.717, 1.165) is 51.4 Å². The summed E-state index contributed by atoms with van der Waals surface area (Å²) in [7, 11) is -4.78. The number of amides is 1. The van der Waals surface area contributed by atoms with E-state index in [-0.39, 0.29) is 12.8 Å². The number of nitrogens with one attached hydrogen (secondary N) is 1. The van der Waals surface area contributed by atoms with Crippen molar-refractivity contribution < 1.29 is 47.8 Å². The molecule has 60 heavy (non-hydrogen) atoms. The number of carbonyl (C=O) groups is 3. The van der Waals surface area contributed by atoms with Crippen LogP contribution in [0.3, 0.4) is 0 Å². The van der Waals surface area contributed by atoms with Crippen LogP contribution in [0.2, 0.25) is 0 Å². The molecule has 0 aliphatic heterocycles. The van der Waals surface area contributed by atoms with E-state index < -0.39 is 57.6 Å². The number of carboxylic acids is 1. The first-order valence-corrected chi connectivity index (χ1v) is 24.5. The molecule has 0 aliphatic rings. The number of phosphoric acid groups is 1. The van der Waals surface area contributed by atoms with Gasteiger partial charge in [-0.1, -0.05) is 189 Å². The fraction of sp³-hybridized carbons (Fsp3) is 0.688. The summed E-state index contributed by atoms with van der Waals surface area (Å²) in [6, 6.07) is -1.59. The molecule has 0 spiro atoms. The molecular formula is C48H82NO10P. The van der Waals surface area contributed by atoms with E-state index in [1.54, 1.807) is 0 Å². The number of ether oxygens (including phenoxy) is 1. The molecule has 0 rings (SSSR count). The van der Waals surface area contributed by atoms with Crippen LogP contribution in [-0.2, 0) is 32.7 Å². The monoisotopic (exact) mass is 864 g/mol. The maximum absolute atomic E-state index is 12.3. The first-order valence-electron chi connectivity index (χ1n) is 23.0. The smallest absolute Gasteiger partial charge is 0.472 e. The number of esters is 1. The van der Waals surface area contributed by atoms with Gasteiger partial charge in [-0.15, -0.1) is 0 Å². The summed E-state index contributed by atoms with van der Waals surface area (Å²) in [6.07, 6.45) is 50.9. The topological polar surface area (TPSA) is 169 Å². The van der Waals surface area contributed by atoms with E-state index >= 15 is 0 Å². The molecule has 3 unspecified atom stereocenters. The molecule has 0 aromatic carbocycles. The second-order valence-electron chi connectivity index (χ2n) is 15.2. The third kappa shape index (κ3) is 41.6. The quantitative estimate of drug-likeness (QED) is 0.0201. The van der Waals surface area contributed by atoms with Crippen LogP contribution in [0, 0.1) is 0 Å². The van der Waals surface area contributed by atoms with Crippen LogP contribution in [0.4, 0.5) is 0 Å². The van der Waals surface area contributed by atoms with E-state index in [9.17, 15) is 34.1 Å². The van der Waals surface area contributed by atoms with E-state index in [1.807, 2.05) is 18.2 Å². The minimum Gasteiger partial charge on any atom is -0.480 e. The van der Waals surface area contributed by atoms with E-state index in [1.165, 1.54) is 83.5 Å². The maximum Gasteiger partial charge on any atom is 0.472 e. The minimum absolute atomic E-state index is 0.0175. The van der Waals surface area contributed by atoms with Crippen molar-refractivity contribution in [2.45, 2.75) is 193 Å². The predicted molar refractivity (Wildman–Crippen MR) is 244 cm³/mol. The molecule has 0 radical (unpaired) electrons. The van der Waals surface area contributed by atoms with E-state index in [4.69, 9.17) is 13.8 Å². The summed E-state index contributed by atoms with van der Waals surface area (Å²) in [5, 5.41) is 21.8. The lowest BCUT2D eigenvalue weighted by Gasteiger charge is -2.18. The van der Waals surface area contributed by atoms with E-state index in [0.29, 0.717) is 19.3 Å². The Balaban J connectivity index is 3.99. The average molecular weight is 864 g/mol. The standard InChI is InChI=1S/C48H82NO10P/c1-3-5-7-9-11-13-15-17-19-21-22-24-25-27-29-31-33-35-37-39-46(51)49-45(48(53)54)43-59-60(55,56)58-42-44(50)41-57-47(52)40-38-36-34-32-30-28-26-23-20-18-16-14-12-10-8-6-4-2/h5,7,11,13,17,19,22,24,27,29,33,35,44-45,50H,3-4,6,8-10,12,14-16,18,20-21,23,25-26,28,30-32,34,36-43H2,1-2H3,(H,49,51)(H,53,54)(H,55,56)/b7-5-,13-11-,19-17-,24-22-,29-27-,35-33-. The van der Waals surface area contributed by atoms with Gasteiger partial charge in [-0.05, 0) is 51.4 Å². The zero-order chi connectivity index (χ0) is 44.2. The second-order valence-corrected chi connectivity index (χ2v) is 16.7. The number of hydrogen-bond acceptors (Lipinski definition) is 8. The lowest BCUT2D eigenvalue weighted by atomic mass is 10.0. The lowest BCUT2D eigenvalue weighted by molar-refractivity contribution is -0.147. The van der Waals surface area contributed by atoms with Crippen LogP contribution in [-0.4, -0.2) is 64.9 Å². The van der Waals surface area contributed by atoms with Crippen LogP contribution in [0.15, 0.2) is 72.9 Å². The third-order valence-corrected chi connectivity index (χ3v) is 10.5. The lowest BCUT2D eigenvalue weighted by Crippen LogP contribution is -2.43. The van der Waals surface area contributed by atoms with Gasteiger partial charge in [0.05, 0.1) is 13.2 Å². The largest absolute Gasteiger partial charge is 0.480 e. The molecule has 0 heterocycles. The molecule has 3 atom stereocenters. The highest BCUT2D eigenvalue weighted by molar-refractivity contribution is 7.47. The van der Waals surface area contributed by atoms with Crippen molar-refractivity contribution in [3.63, 3.8) is 0 Å².